The molecule has 0 unspecified atom stereocenters. The maximum absolute atomic E-state index is 12.4. The van der Waals surface area contributed by atoms with Crippen molar-refractivity contribution in [3.05, 3.63) is 0 Å². The predicted molar refractivity (Wildman–Crippen MR) is 76.4 cm³/mol. The summed E-state index contributed by atoms with van der Waals surface area (Å²) in [5.74, 6) is 1.50. The van der Waals surface area contributed by atoms with Gasteiger partial charge in [-0.3, -0.25) is 9.69 Å². The molecule has 0 saturated carbocycles. The Hall–Kier alpha value is -0.950. The number of amides is 2. The second-order valence-corrected chi connectivity index (χ2v) is 7.25. The number of carbonyl (C=O) groups is 2. The van der Waals surface area contributed by atoms with E-state index >= 15 is 0 Å². The van der Waals surface area contributed by atoms with Gasteiger partial charge in [-0.1, -0.05) is 0 Å². The highest BCUT2D eigenvalue weighted by molar-refractivity contribution is 7.99. The van der Waals surface area contributed by atoms with Crippen molar-refractivity contribution in [1.29, 1.82) is 0 Å². The largest absolute Gasteiger partial charge is 0.444 e. The van der Waals surface area contributed by atoms with E-state index in [1.54, 1.807) is 37.4 Å². The van der Waals surface area contributed by atoms with Crippen molar-refractivity contribution >= 4 is 23.8 Å². The molecule has 20 heavy (non-hydrogen) atoms. The van der Waals surface area contributed by atoms with Crippen molar-refractivity contribution in [2.45, 2.75) is 44.9 Å². The van der Waals surface area contributed by atoms with Crippen LogP contribution in [0, 0.1) is 0 Å². The third-order valence-corrected chi connectivity index (χ3v) is 4.22. The van der Waals surface area contributed by atoms with Crippen LogP contribution in [0.4, 0.5) is 4.79 Å². The van der Waals surface area contributed by atoms with E-state index in [9.17, 15) is 14.7 Å². The van der Waals surface area contributed by atoms with E-state index in [-0.39, 0.29) is 12.5 Å². The molecule has 2 aliphatic rings. The van der Waals surface area contributed by atoms with Gasteiger partial charge in [0.25, 0.3) is 0 Å². The first-order chi connectivity index (χ1) is 9.28. The van der Waals surface area contributed by atoms with E-state index in [1.807, 2.05) is 0 Å². The molecule has 0 bridgehead atoms. The van der Waals surface area contributed by atoms with Crippen LogP contribution in [0.15, 0.2) is 0 Å². The van der Waals surface area contributed by atoms with E-state index in [1.165, 1.54) is 4.90 Å². The number of likely N-dealkylation sites (tertiary alicyclic amines) is 1. The summed E-state index contributed by atoms with van der Waals surface area (Å²) < 4.78 is 5.31. The molecule has 2 fully saturated rings. The first-order valence-corrected chi connectivity index (χ1v) is 7.97. The fourth-order valence-corrected chi connectivity index (χ4v) is 3.32. The number of ether oxygens (including phenoxy) is 1. The maximum atomic E-state index is 12.4. The molecule has 0 aliphatic carbocycles. The summed E-state index contributed by atoms with van der Waals surface area (Å²) in [5, 5.41) is 9.78. The van der Waals surface area contributed by atoms with Crippen LogP contribution >= 0.6 is 11.8 Å². The average Bonchev–Trinajstić information content (AvgIpc) is 2.94. The van der Waals surface area contributed by atoms with Gasteiger partial charge in [0.1, 0.15) is 11.6 Å². The minimum atomic E-state index is -0.660. The van der Waals surface area contributed by atoms with Crippen molar-refractivity contribution in [3.8, 4) is 0 Å². The average molecular weight is 302 g/mol. The highest BCUT2D eigenvalue weighted by Crippen LogP contribution is 2.25. The highest BCUT2D eigenvalue weighted by Gasteiger charge is 2.42. The molecule has 0 aromatic carbocycles. The molecule has 0 aromatic rings. The van der Waals surface area contributed by atoms with E-state index in [0.717, 1.165) is 5.75 Å². The SMILES string of the molecule is CC(C)(C)OC(=O)N1C[C@@H](O)C[C@@H]1C(=O)N1CCSC1. The van der Waals surface area contributed by atoms with Crippen LogP contribution in [-0.2, 0) is 9.53 Å². The Morgan fingerprint density at radius 1 is 1.35 bits per heavy atom. The van der Waals surface area contributed by atoms with Gasteiger partial charge in [0.05, 0.1) is 18.5 Å². The van der Waals surface area contributed by atoms with Crippen molar-refractivity contribution in [3.63, 3.8) is 0 Å². The molecular formula is C13H22N2O4S. The third-order valence-electron chi connectivity index (χ3n) is 3.26. The van der Waals surface area contributed by atoms with Crippen LogP contribution in [0.3, 0.4) is 0 Å². The second-order valence-electron chi connectivity index (χ2n) is 6.18. The number of carbonyl (C=O) groups excluding carboxylic acids is 2. The van der Waals surface area contributed by atoms with Crippen molar-refractivity contribution in [2.75, 3.05) is 24.7 Å². The summed E-state index contributed by atoms with van der Waals surface area (Å²) in [4.78, 5) is 27.7. The fraction of sp³-hybridized carbons (Fsp3) is 0.846. The minimum Gasteiger partial charge on any atom is -0.444 e. The molecule has 114 valence electrons. The van der Waals surface area contributed by atoms with Gasteiger partial charge in [0, 0.05) is 18.7 Å². The Kier molecular flexibility index (Phi) is 4.49. The molecular weight excluding hydrogens is 280 g/mol. The van der Waals surface area contributed by atoms with Gasteiger partial charge in [0.15, 0.2) is 0 Å². The summed E-state index contributed by atoms with van der Waals surface area (Å²) in [6.45, 7) is 6.21. The zero-order valence-corrected chi connectivity index (χ0v) is 13.0. The van der Waals surface area contributed by atoms with Gasteiger partial charge in [-0.15, -0.1) is 11.8 Å². The van der Waals surface area contributed by atoms with Crippen LogP contribution in [-0.4, -0.2) is 69.4 Å². The Morgan fingerprint density at radius 2 is 2.05 bits per heavy atom. The molecule has 2 heterocycles. The smallest absolute Gasteiger partial charge is 0.411 e. The normalized spacial score (nSPS) is 27.0. The standard InChI is InChI=1S/C13H22N2O4S/c1-13(2,3)19-12(18)15-7-9(16)6-10(15)11(17)14-4-5-20-8-14/h9-10,16H,4-8H2,1-3H3/t9-,10+/m0/s1. The van der Waals surface area contributed by atoms with Crippen LogP contribution in [0.1, 0.15) is 27.2 Å². The van der Waals surface area contributed by atoms with Gasteiger partial charge in [-0.05, 0) is 20.8 Å². The molecule has 2 aliphatic heterocycles. The highest BCUT2D eigenvalue weighted by atomic mass is 32.2. The van der Waals surface area contributed by atoms with E-state index in [4.69, 9.17) is 4.74 Å². The first-order valence-electron chi connectivity index (χ1n) is 6.82. The lowest BCUT2D eigenvalue weighted by Crippen LogP contribution is -2.48. The first kappa shape index (κ1) is 15.4. The van der Waals surface area contributed by atoms with Crippen molar-refractivity contribution in [2.24, 2.45) is 0 Å². The number of hydrogen-bond donors (Lipinski definition) is 1. The van der Waals surface area contributed by atoms with E-state index in [0.29, 0.717) is 18.8 Å². The Balaban J connectivity index is 2.06. The summed E-state index contributed by atoms with van der Waals surface area (Å²) >= 11 is 1.70. The number of aliphatic hydroxyl groups excluding tert-OH is 1. The zero-order chi connectivity index (χ0) is 14.9. The number of nitrogens with zero attached hydrogens (tertiary/aromatic N) is 2. The van der Waals surface area contributed by atoms with E-state index < -0.39 is 23.8 Å². The fourth-order valence-electron chi connectivity index (χ4n) is 2.37. The lowest BCUT2D eigenvalue weighted by atomic mass is 10.1. The zero-order valence-electron chi connectivity index (χ0n) is 12.2. The number of rotatable bonds is 1. The molecule has 6 nitrogen and oxygen atoms in total. The van der Waals surface area contributed by atoms with Gasteiger partial charge < -0.3 is 14.7 Å². The summed E-state index contributed by atoms with van der Waals surface area (Å²) in [7, 11) is 0. The Morgan fingerprint density at radius 3 is 2.60 bits per heavy atom. The van der Waals surface area contributed by atoms with Crippen LogP contribution in [0.25, 0.3) is 0 Å². The van der Waals surface area contributed by atoms with Gasteiger partial charge in [-0.25, -0.2) is 4.79 Å². The predicted octanol–water partition coefficient (Wildman–Crippen LogP) is 0.890. The van der Waals surface area contributed by atoms with Crippen molar-refractivity contribution in [1.82, 2.24) is 9.80 Å². The topological polar surface area (TPSA) is 70.1 Å². The quantitative estimate of drug-likeness (QED) is 0.779. The summed E-state index contributed by atoms with van der Waals surface area (Å²) in [6.07, 6.45) is -0.898. The lowest BCUT2D eigenvalue weighted by molar-refractivity contribution is -0.134. The molecule has 2 amide bonds. The van der Waals surface area contributed by atoms with Gasteiger partial charge >= 0.3 is 6.09 Å². The molecule has 2 atom stereocenters. The Bertz CT molecular complexity index is 390. The van der Waals surface area contributed by atoms with Crippen LogP contribution < -0.4 is 0 Å². The van der Waals surface area contributed by atoms with E-state index in [2.05, 4.69) is 0 Å². The number of aliphatic hydroxyl groups is 1. The number of thioether (sulfide) groups is 1. The minimum absolute atomic E-state index is 0.0857. The Labute approximate surface area is 123 Å². The molecule has 2 saturated heterocycles. The van der Waals surface area contributed by atoms with Gasteiger partial charge in [0.2, 0.25) is 5.91 Å². The molecule has 0 aromatic heterocycles. The number of β-amino-alcohol motifs (C(OH)–C–C–N with tert-alkyl or cyclic N) is 1. The maximum Gasteiger partial charge on any atom is 0.411 e. The van der Waals surface area contributed by atoms with Crippen LogP contribution in [0.2, 0.25) is 0 Å². The van der Waals surface area contributed by atoms with Crippen molar-refractivity contribution < 1.29 is 19.4 Å². The molecule has 0 radical (unpaired) electrons. The molecule has 0 spiro atoms. The lowest BCUT2D eigenvalue weighted by Gasteiger charge is -2.29. The van der Waals surface area contributed by atoms with Gasteiger partial charge in [-0.2, -0.15) is 0 Å². The molecule has 1 N–H and O–H groups in total. The molecule has 2 rings (SSSR count). The summed E-state index contributed by atoms with van der Waals surface area (Å²) in [5.41, 5.74) is -0.609. The molecule has 7 heteroatoms. The third kappa shape index (κ3) is 3.58. The second kappa shape index (κ2) is 5.81. The number of hydrogen-bond acceptors (Lipinski definition) is 5. The van der Waals surface area contributed by atoms with Crippen LogP contribution in [0.5, 0.6) is 0 Å². The summed E-state index contributed by atoms with van der Waals surface area (Å²) in [6, 6.07) is -0.599. The monoisotopic (exact) mass is 302 g/mol.